The van der Waals surface area contributed by atoms with Gasteiger partial charge in [-0.05, 0) is 101 Å². The van der Waals surface area contributed by atoms with Crippen LogP contribution in [0.3, 0.4) is 0 Å². The van der Waals surface area contributed by atoms with Crippen molar-refractivity contribution in [3.63, 3.8) is 0 Å². The number of Topliss-reactive ketones (excluding diaryl/α,β-unsaturated/α-hetero) is 1. The van der Waals surface area contributed by atoms with Crippen molar-refractivity contribution in [3.05, 3.63) is 11.6 Å². The van der Waals surface area contributed by atoms with Gasteiger partial charge in [0.25, 0.3) is 0 Å². The first kappa shape index (κ1) is 26.2. The number of ether oxygens (including phenoxy) is 1. The van der Waals surface area contributed by atoms with Crippen LogP contribution in [0.4, 0.5) is 4.79 Å². The topological polar surface area (TPSA) is 87.1 Å². The summed E-state index contributed by atoms with van der Waals surface area (Å²) in [5.74, 6) is 1.84. The molecule has 4 aliphatic carbocycles. The van der Waals surface area contributed by atoms with E-state index < -0.39 is 11.7 Å². The first-order valence-corrected chi connectivity index (χ1v) is 14.4. The van der Waals surface area contributed by atoms with Crippen molar-refractivity contribution in [2.24, 2.45) is 46.3 Å². The maximum absolute atomic E-state index is 12.8. The van der Waals surface area contributed by atoms with E-state index in [1.54, 1.807) is 4.90 Å². The van der Waals surface area contributed by atoms with Crippen molar-refractivity contribution in [1.29, 1.82) is 0 Å². The summed E-state index contributed by atoms with van der Waals surface area (Å²) in [6.45, 7) is 11.8. The second kappa shape index (κ2) is 9.11. The fourth-order valence-electron chi connectivity index (χ4n) is 9.02. The fraction of sp³-hybridized carbons (Fsp3) is 0.867. The molecule has 0 bridgehead atoms. The van der Waals surface area contributed by atoms with Crippen LogP contribution in [-0.2, 0) is 9.53 Å². The van der Waals surface area contributed by atoms with Gasteiger partial charge in [-0.15, -0.1) is 0 Å². The molecular formula is C30H47NO5. The van der Waals surface area contributed by atoms with E-state index in [2.05, 4.69) is 19.9 Å². The van der Waals surface area contributed by atoms with Crippen molar-refractivity contribution >= 4 is 11.9 Å². The Morgan fingerprint density at radius 1 is 1.11 bits per heavy atom. The largest absolute Gasteiger partial charge is 0.444 e. The molecule has 4 saturated carbocycles. The molecule has 202 valence electrons. The van der Waals surface area contributed by atoms with Crippen LogP contribution in [0.15, 0.2) is 11.6 Å². The lowest BCUT2D eigenvalue weighted by molar-refractivity contribution is -0.191. The Morgan fingerprint density at radius 2 is 1.83 bits per heavy atom. The van der Waals surface area contributed by atoms with Crippen LogP contribution in [0, 0.1) is 46.3 Å². The molecule has 5 fully saturated rings. The summed E-state index contributed by atoms with van der Waals surface area (Å²) in [7, 11) is 0. The molecule has 5 rings (SSSR count). The lowest BCUT2D eigenvalue weighted by atomic mass is 9.42. The van der Waals surface area contributed by atoms with Crippen molar-refractivity contribution in [3.8, 4) is 0 Å². The highest BCUT2D eigenvalue weighted by atomic mass is 16.6. The van der Waals surface area contributed by atoms with Gasteiger partial charge in [-0.2, -0.15) is 0 Å². The second-order valence-corrected chi connectivity index (χ2v) is 14.2. The number of likely N-dealkylation sites (tertiary alicyclic amines) is 1. The monoisotopic (exact) mass is 501 g/mol. The van der Waals surface area contributed by atoms with Gasteiger partial charge in [0, 0.05) is 37.5 Å². The molecule has 2 N–H and O–H groups in total. The van der Waals surface area contributed by atoms with Crippen LogP contribution in [0.5, 0.6) is 0 Å². The zero-order valence-electron chi connectivity index (χ0n) is 23.0. The Labute approximate surface area is 216 Å². The van der Waals surface area contributed by atoms with E-state index in [4.69, 9.17) is 4.74 Å². The van der Waals surface area contributed by atoms with Gasteiger partial charge in [-0.25, -0.2) is 4.79 Å². The molecule has 0 aromatic heterocycles. The number of allylic oxidation sites excluding steroid dienone is 2. The van der Waals surface area contributed by atoms with Crippen molar-refractivity contribution in [2.45, 2.75) is 97.7 Å². The van der Waals surface area contributed by atoms with Crippen LogP contribution in [0.25, 0.3) is 0 Å². The molecule has 1 heterocycles. The Kier molecular flexibility index (Phi) is 6.64. The van der Waals surface area contributed by atoms with Crippen molar-refractivity contribution in [1.82, 2.24) is 4.90 Å². The maximum Gasteiger partial charge on any atom is 0.410 e. The summed E-state index contributed by atoms with van der Waals surface area (Å²) >= 11 is 0. The van der Waals surface area contributed by atoms with Gasteiger partial charge in [0.1, 0.15) is 11.4 Å². The molecule has 1 aliphatic heterocycles. The molecule has 8 atom stereocenters. The van der Waals surface area contributed by atoms with Gasteiger partial charge < -0.3 is 19.8 Å². The predicted molar refractivity (Wildman–Crippen MR) is 138 cm³/mol. The number of carbonyl (C=O) groups is 2. The number of hydrogen-bond donors (Lipinski definition) is 2. The number of amides is 1. The highest BCUT2D eigenvalue weighted by Gasteiger charge is 2.64. The van der Waals surface area contributed by atoms with Gasteiger partial charge in [-0.3, -0.25) is 4.79 Å². The molecule has 0 radical (unpaired) electrons. The number of ketones is 1. The molecule has 5 aliphatic rings. The third kappa shape index (κ3) is 4.24. The number of nitrogens with zero attached hydrogens (tertiary/aromatic N) is 1. The molecule has 6 nitrogen and oxygen atoms in total. The number of fused-ring (bicyclic) bond motifs is 5. The van der Waals surface area contributed by atoms with E-state index in [-0.39, 0.29) is 47.2 Å². The Hall–Kier alpha value is -1.40. The van der Waals surface area contributed by atoms with Crippen LogP contribution in [0.1, 0.15) is 86.0 Å². The Bertz CT molecular complexity index is 917. The van der Waals surface area contributed by atoms with E-state index >= 15 is 0 Å². The molecule has 0 spiro atoms. The smallest absolute Gasteiger partial charge is 0.410 e. The third-order valence-corrected chi connectivity index (χ3v) is 11.1. The zero-order valence-corrected chi connectivity index (χ0v) is 23.0. The summed E-state index contributed by atoms with van der Waals surface area (Å²) in [5.41, 5.74) is 0.816. The molecular weight excluding hydrogens is 454 g/mol. The zero-order chi connectivity index (χ0) is 26.0. The average Bonchev–Trinajstić information content (AvgIpc) is 3.07. The molecule has 36 heavy (non-hydrogen) atoms. The first-order chi connectivity index (χ1) is 16.9. The van der Waals surface area contributed by atoms with Crippen molar-refractivity contribution in [2.75, 3.05) is 19.7 Å². The van der Waals surface area contributed by atoms with Crippen LogP contribution in [-0.4, -0.2) is 58.4 Å². The van der Waals surface area contributed by atoms with Gasteiger partial charge in [0.2, 0.25) is 0 Å². The normalized spacial score (nSPS) is 44.0. The summed E-state index contributed by atoms with van der Waals surface area (Å²) < 4.78 is 5.48. The first-order valence-electron chi connectivity index (χ1n) is 14.4. The molecule has 0 aromatic carbocycles. The van der Waals surface area contributed by atoms with E-state index in [1.165, 1.54) is 5.57 Å². The fourth-order valence-corrected chi connectivity index (χ4v) is 9.02. The lowest BCUT2D eigenvalue weighted by Crippen LogP contribution is -2.62. The highest BCUT2D eigenvalue weighted by molar-refractivity contribution is 5.87. The van der Waals surface area contributed by atoms with Crippen LogP contribution >= 0.6 is 0 Å². The number of rotatable bonds is 3. The second-order valence-electron chi connectivity index (χ2n) is 14.2. The summed E-state index contributed by atoms with van der Waals surface area (Å²) in [6.07, 6.45) is 9.27. The minimum Gasteiger partial charge on any atom is -0.444 e. The van der Waals surface area contributed by atoms with E-state index in [0.29, 0.717) is 24.0 Å². The van der Waals surface area contributed by atoms with Crippen LogP contribution < -0.4 is 0 Å². The van der Waals surface area contributed by atoms with Gasteiger partial charge in [0.15, 0.2) is 0 Å². The number of hydrogen-bond acceptors (Lipinski definition) is 5. The number of carbonyl (C=O) groups excluding carboxylic acids is 2. The molecule has 6 heteroatoms. The number of aliphatic hydroxyl groups excluding tert-OH is 2. The number of aliphatic hydroxyl groups is 2. The Balaban J connectivity index is 1.25. The van der Waals surface area contributed by atoms with E-state index in [1.807, 2.05) is 20.8 Å². The third-order valence-electron chi connectivity index (χ3n) is 11.1. The SMILES string of the molecule is CC(C)(C)OC(=O)N1CC(C/C=C2\CC[C@]3(C)C4CC[C@]5(C)C(=O)CCC5C4C(O)[C@H](CO)C3C2)C1. The summed E-state index contributed by atoms with van der Waals surface area (Å²) in [5, 5.41) is 22.1. The lowest BCUT2D eigenvalue weighted by Gasteiger charge is -2.63. The van der Waals surface area contributed by atoms with Gasteiger partial charge in [-0.1, -0.05) is 25.5 Å². The highest BCUT2D eigenvalue weighted by Crippen LogP contribution is 2.67. The standard InChI is InChI=1S/C30H47NO5/c1-28(2,3)36-27(35)31-15-19(16-31)7-6-18-10-12-29(4)22-11-13-30(5)21(8-9-24(30)33)25(22)26(34)20(17-32)23(29)14-18/h6,19-23,25-26,32,34H,7-17H2,1-5H3/b18-6+/t20-,21?,22?,23?,25?,26?,29-,30+/m1/s1. The molecule has 1 amide bonds. The quantitative estimate of drug-likeness (QED) is 0.533. The average molecular weight is 502 g/mol. The van der Waals surface area contributed by atoms with Gasteiger partial charge >= 0.3 is 6.09 Å². The summed E-state index contributed by atoms with van der Waals surface area (Å²) in [6, 6.07) is 0. The summed E-state index contributed by atoms with van der Waals surface area (Å²) in [4.78, 5) is 26.8. The molecule has 5 unspecified atom stereocenters. The molecule has 1 saturated heterocycles. The van der Waals surface area contributed by atoms with Crippen molar-refractivity contribution < 1.29 is 24.5 Å². The minimum absolute atomic E-state index is 0.0166. The maximum atomic E-state index is 12.8. The predicted octanol–water partition coefficient (Wildman–Crippen LogP) is 4.97. The minimum atomic E-state index is -0.526. The van der Waals surface area contributed by atoms with Gasteiger partial charge in [0.05, 0.1) is 6.10 Å². The van der Waals surface area contributed by atoms with E-state index in [0.717, 1.165) is 58.0 Å². The Morgan fingerprint density at radius 3 is 2.50 bits per heavy atom. The molecule has 0 aromatic rings. The van der Waals surface area contributed by atoms with E-state index in [9.17, 15) is 19.8 Å². The van der Waals surface area contributed by atoms with Crippen LogP contribution in [0.2, 0.25) is 0 Å².